The number of carbonyl (C=O) groups is 1. The molecule has 31 heavy (non-hydrogen) atoms. The number of nitrogens with one attached hydrogen (secondary N) is 1. The van der Waals surface area contributed by atoms with Crippen molar-refractivity contribution in [2.45, 2.75) is 25.8 Å². The van der Waals surface area contributed by atoms with Crippen molar-refractivity contribution >= 4 is 28.2 Å². The van der Waals surface area contributed by atoms with Crippen LogP contribution in [0.15, 0.2) is 48.1 Å². The van der Waals surface area contributed by atoms with Crippen LogP contribution in [-0.4, -0.2) is 49.3 Å². The van der Waals surface area contributed by atoms with Gasteiger partial charge in [-0.1, -0.05) is 0 Å². The zero-order valence-corrected chi connectivity index (χ0v) is 17.8. The monoisotopic (exact) mass is 436 g/mol. The van der Waals surface area contributed by atoms with Gasteiger partial charge in [0.05, 0.1) is 11.4 Å². The fourth-order valence-corrected chi connectivity index (χ4v) is 4.63. The van der Waals surface area contributed by atoms with E-state index in [4.69, 9.17) is 9.97 Å². The number of thiazole rings is 1. The van der Waals surface area contributed by atoms with Crippen LogP contribution in [0.4, 0.5) is 10.3 Å². The van der Waals surface area contributed by atoms with Gasteiger partial charge in [0.1, 0.15) is 11.5 Å². The number of anilines is 1. The van der Waals surface area contributed by atoms with Crippen LogP contribution in [-0.2, 0) is 4.79 Å². The molecule has 0 atom stereocenters. The Kier molecular flexibility index (Phi) is 5.11. The van der Waals surface area contributed by atoms with E-state index in [9.17, 15) is 9.18 Å². The molecule has 4 heterocycles. The summed E-state index contributed by atoms with van der Waals surface area (Å²) in [6.45, 7) is 3.08. The zero-order valence-electron chi connectivity index (χ0n) is 17.0. The van der Waals surface area contributed by atoms with Gasteiger partial charge in [-0.3, -0.25) is 9.20 Å². The van der Waals surface area contributed by atoms with Gasteiger partial charge < -0.3 is 10.2 Å². The molecular weight excluding hydrogens is 415 g/mol. The number of fused-ring (bicyclic) bond motifs is 1. The second kappa shape index (κ2) is 8.07. The van der Waals surface area contributed by atoms with Crippen molar-refractivity contribution in [2.24, 2.45) is 0 Å². The maximum Gasteiger partial charge on any atom is 0.223 e. The van der Waals surface area contributed by atoms with Crippen LogP contribution in [0, 0.1) is 5.82 Å². The fraction of sp³-hybridized carbons (Fsp3) is 0.273. The third-order valence-corrected chi connectivity index (χ3v) is 6.31. The van der Waals surface area contributed by atoms with Gasteiger partial charge in [0.25, 0.3) is 0 Å². The molecule has 1 saturated heterocycles. The average molecular weight is 437 g/mol. The molecule has 0 radical (unpaired) electrons. The number of benzene rings is 1. The number of imidazole rings is 1. The van der Waals surface area contributed by atoms with Gasteiger partial charge in [-0.05, 0) is 43.2 Å². The predicted molar refractivity (Wildman–Crippen MR) is 118 cm³/mol. The molecule has 1 aliphatic heterocycles. The van der Waals surface area contributed by atoms with E-state index in [1.54, 1.807) is 25.3 Å². The van der Waals surface area contributed by atoms with Crippen molar-refractivity contribution in [3.05, 3.63) is 53.9 Å². The topological polar surface area (TPSA) is 75.4 Å². The fourth-order valence-electron chi connectivity index (χ4n) is 3.92. The summed E-state index contributed by atoms with van der Waals surface area (Å²) >= 11 is 1.54. The molecule has 1 aliphatic rings. The molecule has 0 bridgehead atoms. The highest BCUT2D eigenvalue weighted by Gasteiger charge is 2.22. The van der Waals surface area contributed by atoms with Gasteiger partial charge in [0, 0.05) is 49.4 Å². The molecule has 1 amide bonds. The highest BCUT2D eigenvalue weighted by molar-refractivity contribution is 7.15. The lowest BCUT2D eigenvalue weighted by Crippen LogP contribution is -2.41. The molecule has 0 saturated carbocycles. The van der Waals surface area contributed by atoms with Gasteiger partial charge in [-0.2, -0.15) is 0 Å². The Morgan fingerprint density at radius 3 is 2.68 bits per heavy atom. The zero-order chi connectivity index (χ0) is 21.4. The molecule has 3 aromatic heterocycles. The highest BCUT2D eigenvalue weighted by Crippen LogP contribution is 2.33. The maximum atomic E-state index is 13.4. The van der Waals surface area contributed by atoms with Crippen LogP contribution in [0.3, 0.4) is 0 Å². The quantitative estimate of drug-likeness (QED) is 0.522. The van der Waals surface area contributed by atoms with Crippen LogP contribution >= 0.6 is 11.3 Å². The minimum Gasteiger partial charge on any atom is -0.351 e. The molecule has 1 aromatic carbocycles. The molecule has 9 heteroatoms. The molecule has 7 nitrogen and oxygen atoms in total. The Morgan fingerprint density at radius 1 is 1.16 bits per heavy atom. The number of nitrogens with zero attached hydrogens (tertiary/aromatic N) is 5. The van der Waals surface area contributed by atoms with Crippen molar-refractivity contribution in [1.29, 1.82) is 0 Å². The van der Waals surface area contributed by atoms with Crippen molar-refractivity contribution in [2.75, 3.05) is 18.4 Å². The minimum absolute atomic E-state index is 0.116. The molecule has 0 aliphatic carbocycles. The van der Waals surface area contributed by atoms with E-state index in [2.05, 4.69) is 10.3 Å². The third kappa shape index (κ3) is 3.88. The molecular formula is C22H21FN6OS. The number of carbonyl (C=O) groups excluding carboxylic acids is 1. The Hall–Kier alpha value is -3.33. The first-order chi connectivity index (χ1) is 15.1. The molecule has 4 aromatic rings. The first kappa shape index (κ1) is 19.6. The Balaban J connectivity index is 1.46. The van der Waals surface area contributed by atoms with Gasteiger partial charge in [-0.15, -0.1) is 11.3 Å². The van der Waals surface area contributed by atoms with Crippen molar-refractivity contribution < 1.29 is 9.18 Å². The summed E-state index contributed by atoms with van der Waals surface area (Å²) in [5.74, 6) is 0.384. The number of hydrogen-bond donors (Lipinski definition) is 1. The summed E-state index contributed by atoms with van der Waals surface area (Å²) in [7, 11) is 0. The van der Waals surface area contributed by atoms with E-state index in [0.717, 1.165) is 53.5 Å². The SMILES string of the molecule is CC(=O)N1CCC(Nc2nccc(-c3c(-c4ccc(F)cc4)nc4sccn34)n2)CC1. The minimum atomic E-state index is -0.282. The molecule has 1 fully saturated rings. The highest BCUT2D eigenvalue weighted by atomic mass is 32.1. The summed E-state index contributed by atoms with van der Waals surface area (Å²) in [5, 5.41) is 5.39. The second-order valence-corrected chi connectivity index (χ2v) is 8.43. The van der Waals surface area contributed by atoms with Crippen molar-refractivity contribution in [3.63, 3.8) is 0 Å². The summed E-state index contributed by atoms with van der Waals surface area (Å²) in [6.07, 6.45) is 5.41. The summed E-state index contributed by atoms with van der Waals surface area (Å²) in [6, 6.07) is 8.41. The molecule has 0 spiro atoms. The Morgan fingerprint density at radius 2 is 1.94 bits per heavy atom. The summed E-state index contributed by atoms with van der Waals surface area (Å²) in [4.78, 5) is 28.2. The van der Waals surface area contributed by atoms with E-state index >= 15 is 0 Å². The normalized spacial score (nSPS) is 14.8. The van der Waals surface area contributed by atoms with E-state index in [1.165, 1.54) is 23.5 Å². The first-order valence-corrected chi connectivity index (χ1v) is 11.0. The van der Waals surface area contributed by atoms with E-state index in [0.29, 0.717) is 5.95 Å². The lowest BCUT2D eigenvalue weighted by molar-refractivity contribution is -0.129. The number of piperidine rings is 1. The van der Waals surface area contributed by atoms with Crippen molar-refractivity contribution in [3.8, 4) is 22.6 Å². The number of halogens is 1. The lowest BCUT2D eigenvalue weighted by atomic mass is 10.1. The molecule has 5 rings (SSSR count). The Bertz CT molecular complexity index is 1230. The second-order valence-electron chi connectivity index (χ2n) is 7.56. The molecule has 158 valence electrons. The van der Waals surface area contributed by atoms with Crippen molar-refractivity contribution in [1.82, 2.24) is 24.3 Å². The number of amides is 1. The average Bonchev–Trinajstić information content (AvgIpc) is 3.36. The summed E-state index contributed by atoms with van der Waals surface area (Å²) in [5.41, 5.74) is 3.17. The predicted octanol–water partition coefficient (Wildman–Crippen LogP) is 4.08. The Labute approximate surface area is 182 Å². The number of hydrogen-bond acceptors (Lipinski definition) is 6. The first-order valence-electron chi connectivity index (χ1n) is 10.2. The lowest BCUT2D eigenvalue weighted by Gasteiger charge is -2.31. The van der Waals surface area contributed by atoms with Gasteiger partial charge >= 0.3 is 0 Å². The van der Waals surface area contributed by atoms with Gasteiger partial charge in [0.2, 0.25) is 11.9 Å². The van der Waals surface area contributed by atoms with Crippen LogP contribution in [0.25, 0.3) is 27.6 Å². The van der Waals surface area contributed by atoms with Gasteiger partial charge in [-0.25, -0.2) is 19.3 Å². The molecule has 0 unspecified atom stereocenters. The number of aromatic nitrogens is 4. The smallest absolute Gasteiger partial charge is 0.223 e. The number of likely N-dealkylation sites (tertiary alicyclic amines) is 1. The van der Waals surface area contributed by atoms with Gasteiger partial charge in [0.15, 0.2) is 4.96 Å². The standard InChI is InChI=1S/C22H21FN6OS/c1-14(30)28-10-7-17(8-11-28)25-21-24-9-6-18(26-21)20-19(15-2-4-16(23)5-3-15)27-22-29(20)12-13-31-22/h2-6,9,12-13,17H,7-8,10-11H2,1H3,(H,24,25,26). The van der Waals surface area contributed by atoms with Crippen LogP contribution in [0.1, 0.15) is 19.8 Å². The third-order valence-electron chi connectivity index (χ3n) is 5.55. The maximum absolute atomic E-state index is 13.4. The van der Waals surface area contributed by atoms with E-state index in [1.807, 2.05) is 26.9 Å². The van der Waals surface area contributed by atoms with E-state index < -0.39 is 0 Å². The van der Waals surface area contributed by atoms with Crippen LogP contribution in [0.5, 0.6) is 0 Å². The van der Waals surface area contributed by atoms with E-state index in [-0.39, 0.29) is 17.8 Å². The van der Waals surface area contributed by atoms with Crippen LogP contribution < -0.4 is 5.32 Å². The molecule has 1 N–H and O–H groups in total. The summed E-state index contributed by atoms with van der Waals surface area (Å²) < 4.78 is 15.4. The largest absolute Gasteiger partial charge is 0.351 e. The van der Waals surface area contributed by atoms with Crippen LogP contribution in [0.2, 0.25) is 0 Å². The number of rotatable bonds is 4.